The minimum Gasteiger partial charge on any atom is -0.481 e. The number of urea groups is 1. The number of amides is 2. The molecule has 17 heavy (non-hydrogen) atoms. The van der Waals surface area contributed by atoms with Crippen LogP contribution in [0.2, 0.25) is 0 Å². The Labute approximate surface area is 103 Å². The highest BCUT2D eigenvalue weighted by Crippen LogP contribution is 2.04. The van der Waals surface area contributed by atoms with E-state index in [1.54, 1.807) is 6.92 Å². The summed E-state index contributed by atoms with van der Waals surface area (Å²) in [7, 11) is 0. The lowest BCUT2D eigenvalue weighted by atomic mass is 10.1. The molecule has 0 saturated heterocycles. The van der Waals surface area contributed by atoms with Crippen LogP contribution in [0.4, 0.5) is 4.79 Å². The Bertz CT molecular complexity index is 242. The maximum Gasteiger partial charge on any atom is 0.315 e. The van der Waals surface area contributed by atoms with E-state index in [0.29, 0.717) is 12.5 Å². The second-order valence-electron chi connectivity index (χ2n) is 4.79. The highest BCUT2D eigenvalue weighted by atomic mass is 16.4. The summed E-state index contributed by atoms with van der Waals surface area (Å²) in [5.74, 6) is -0.214. The summed E-state index contributed by atoms with van der Waals surface area (Å²) in [6, 6.07) is -0.633. The molecule has 0 aliphatic carbocycles. The number of carboxylic acids is 1. The number of carbonyl (C=O) groups is 2. The van der Waals surface area contributed by atoms with Gasteiger partial charge in [0.05, 0.1) is 6.42 Å². The van der Waals surface area contributed by atoms with Gasteiger partial charge in [-0.1, -0.05) is 26.7 Å². The average Bonchev–Trinajstić information content (AvgIpc) is 2.14. The van der Waals surface area contributed by atoms with Crippen molar-refractivity contribution in [1.82, 2.24) is 10.6 Å². The third-order valence-electron chi connectivity index (χ3n) is 2.35. The summed E-state index contributed by atoms with van der Waals surface area (Å²) in [6.07, 6.45) is 3.17. The maximum absolute atomic E-state index is 11.3. The first-order chi connectivity index (χ1) is 7.91. The van der Waals surface area contributed by atoms with E-state index in [1.807, 2.05) is 0 Å². The fraction of sp³-hybridized carbons (Fsp3) is 0.833. The SMILES string of the molecule is CC(C)CCCCNC(=O)NC(C)CC(=O)O. The van der Waals surface area contributed by atoms with Crippen molar-refractivity contribution in [2.24, 2.45) is 5.92 Å². The molecule has 0 spiro atoms. The van der Waals surface area contributed by atoms with Crippen molar-refractivity contribution >= 4 is 12.0 Å². The molecule has 1 unspecified atom stereocenters. The minimum absolute atomic E-state index is 0.0548. The van der Waals surface area contributed by atoms with Crippen LogP contribution in [0.1, 0.15) is 46.5 Å². The summed E-state index contributed by atoms with van der Waals surface area (Å²) in [6.45, 7) is 6.66. The zero-order chi connectivity index (χ0) is 13.3. The van der Waals surface area contributed by atoms with Crippen molar-refractivity contribution in [3.05, 3.63) is 0 Å². The molecular formula is C12H24N2O3. The molecule has 0 aliphatic heterocycles. The number of hydrogen-bond donors (Lipinski definition) is 3. The molecule has 0 saturated carbocycles. The molecule has 5 nitrogen and oxygen atoms in total. The molecule has 3 N–H and O–H groups in total. The molecular weight excluding hydrogens is 220 g/mol. The van der Waals surface area contributed by atoms with Gasteiger partial charge in [-0.05, 0) is 19.3 Å². The monoisotopic (exact) mass is 244 g/mol. The summed E-state index contributed by atoms with van der Waals surface area (Å²) < 4.78 is 0. The average molecular weight is 244 g/mol. The van der Waals surface area contributed by atoms with Crippen molar-refractivity contribution in [2.75, 3.05) is 6.54 Å². The van der Waals surface area contributed by atoms with Gasteiger partial charge in [-0.3, -0.25) is 4.79 Å². The zero-order valence-corrected chi connectivity index (χ0v) is 11.0. The lowest BCUT2D eigenvalue weighted by Crippen LogP contribution is -2.41. The normalized spacial score (nSPS) is 12.2. The molecule has 0 aromatic carbocycles. The number of rotatable bonds is 8. The number of carboxylic acid groups (broad SMARTS) is 1. The molecule has 0 rings (SSSR count). The minimum atomic E-state index is -0.908. The van der Waals surface area contributed by atoms with E-state index in [-0.39, 0.29) is 18.5 Å². The molecule has 5 heteroatoms. The number of hydrogen-bond acceptors (Lipinski definition) is 2. The van der Waals surface area contributed by atoms with Gasteiger partial charge in [-0.15, -0.1) is 0 Å². The smallest absolute Gasteiger partial charge is 0.315 e. The van der Waals surface area contributed by atoms with Gasteiger partial charge in [0.1, 0.15) is 0 Å². The first-order valence-corrected chi connectivity index (χ1v) is 6.18. The van der Waals surface area contributed by atoms with E-state index in [4.69, 9.17) is 5.11 Å². The molecule has 0 aromatic rings. The van der Waals surface area contributed by atoms with Crippen LogP contribution in [0.25, 0.3) is 0 Å². The third-order valence-corrected chi connectivity index (χ3v) is 2.35. The van der Waals surface area contributed by atoms with Crippen LogP contribution in [0.3, 0.4) is 0 Å². The number of aliphatic carboxylic acids is 1. The van der Waals surface area contributed by atoms with Gasteiger partial charge >= 0.3 is 12.0 Å². The molecule has 0 aliphatic rings. The van der Waals surface area contributed by atoms with Crippen molar-refractivity contribution in [2.45, 2.75) is 52.5 Å². The van der Waals surface area contributed by atoms with E-state index >= 15 is 0 Å². The number of carbonyl (C=O) groups excluding carboxylic acids is 1. The molecule has 0 bridgehead atoms. The lowest BCUT2D eigenvalue weighted by molar-refractivity contribution is -0.137. The Balaban J connectivity index is 3.49. The van der Waals surface area contributed by atoms with Gasteiger partial charge in [-0.25, -0.2) is 4.79 Å². The number of nitrogens with one attached hydrogen (secondary N) is 2. The van der Waals surface area contributed by atoms with E-state index in [9.17, 15) is 9.59 Å². The van der Waals surface area contributed by atoms with Crippen LogP contribution in [0, 0.1) is 5.92 Å². The van der Waals surface area contributed by atoms with Crippen LogP contribution >= 0.6 is 0 Å². The molecule has 0 fully saturated rings. The van der Waals surface area contributed by atoms with Crippen LogP contribution in [0.5, 0.6) is 0 Å². The van der Waals surface area contributed by atoms with Crippen LogP contribution in [-0.2, 0) is 4.79 Å². The second-order valence-corrected chi connectivity index (χ2v) is 4.79. The predicted octanol–water partition coefficient (Wildman–Crippen LogP) is 1.98. The van der Waals surface area contributed by atoms with Crippen LogP contribution < -0.4 is 10.6 Å². The highest BCUT2D eigenvalue weighted by molar-refractivity contribution is 5.75. The van der Waals surface area contributed by atoms with Gasteiger partial charge in [0.2, 0.25) is 0 Å². The molecule has 2 amide bonds. The van der Waals surface area contributed by atoms with Gasteiger partial charge in [0.15, 0.2) is 0 Å². The highest BCUT2D eigenvalue weighted by Gasteiger charge is 2.09. The molecule has 0 heterocycles. The lowest BCUT2D eigenvalue weighted by Gasteiger charge is -2.12. The predicted molar refractivity (Wildman–Crippen MR) is 66.9 cm³/mol. The van der Waals surface area contributed by atoms with E-state index in [2.05, 4.69) is 24.5 Å². The van der Waals surface area contributed by atoms with Crippen LogP contribution in [-0.4, -0.2) is 29.7 Å². The molecule has 1 atom stereocenters. The van der Waals surface area contributed by atoms with Crippen molar-refractivity contribution in [3.8, 4) is 0 Å². The first-order valence-electron chi connectivity index (χ1n) is 6.18. The maximum atomic E-state index is 11.3. The van der Waals surface area contributed by atoms with E-state index in [1.165, 1.54) is 6.42 Å². The van der Waals surface area contributed by atoms with Crippen molar-refractivity contribution in [3.63, 3.8) is 0 Å². The van der Waals surface area contributed by atoms with Gasteiger partial charge < -0.3 is 15.7 Å². The van der Waals surface area contributed by atoms with Gasteiger partial charge in [-0.2, -0.15) is 0 Å². The van der Waals surface area contributed by atoms with Gasteiger partial charge in [0, 0.05) is 12.6 Å². The Hall–Kier alpha value is -1.26. The topological polar surface area (TPSA) is 78.4 Å². The first kappa shape index (κ1) is 15.7. The van der Waals surface area contributed by atoms with Crippen molar-refractivity contribution < 1.29 is 14.7 Å². The largest absolute Gasteiger partial charge is 0.481 e. The Kier molecular flexibility index (Phi) is 8.19. The quantitative estimate of drug-likeness (QED) is 0.571. The van der Waals surface area contributed by atoms with E-state index in [0.717, 1.165) is 12.8 Å². The second kappa shape index (κ2) is 8.84. The Morgan fingerprint density at radius 2 is 1.82 bits per heavy atom. The summed E-state index contributed by atoms with van der Waals surface area (Å²) in [5.41, 5.74) is 0. The zero-order valence-electron chi connectivity index (χ0n) is 11.0. The van der Waals surface area contributed by atoms with Gasteiger partial charge in [0.25, 0.3) is 0 Å². The standard InChI is InChI=1S/C12H24N2O3/c1-9(2)6-4-5-7-13-12(17)14-10(3)8-11(15)16/h9-10H,4-8H2,1-3H3,(H,15,16)(H2,13,14,17). The fourth-order valence-electron chi connectivity index (χ4n) is 1.47. The number of unbranched alkanes of at least 4 members (excludes halogenated alkanes) is 1. The molecule has 100 valence electrons. The Morgan fingerprint density at radius 3 is 2.35 bits per heavy atom. The summed E-state index contributed by atoms with van der Waals surface area (Å²) in [4.78, 5) is 21.7. The molecule has 0 aromatic heterocycles. The summed E-state index contributed by atoms with van der Waals surface area (Å²) in [5, 5.41) is 13.8. The van der Waals surface area contributed by atoms with Crippen LogP contribution in [0.15, 0.2) is 0 Å². The molecule has 0 radical (unpaired) electrons. The summed E-state index contributed by atoms with van der Waals surface area (Å²) >= 11 is 0. The van der Waals surface area contributed by atoms with Crippen molar-refractivity contribution in [1.29, 1.82) is 0 Å². The Morgan fingerprint density at radius 1 is 1.18 bits per heavy atom. The fourth-order valence-corrected chi connectivity index (χ4v) is 1.47. The van der Waals surface area contributed by atoms with E-state index < -0.39 is 5.97 Å². The third kappa shape index (κ3) is 11.0.